The third-order valence-electron chi connectivity index (χ3n) is 3.06. The molecular weight excluding hydrogens is 254 g/mol. The van der Waals surface area contributed by atoms with E-state index in [4.69, 9.17) is 0 Å². The molecule has 0 aromatic carbocycles. The van der Waals surface area contributed by atoms with Crippen molar-refractivity contribution >= 4 is 11.6 Å². The van der Waals surface area contributed by atoms with E-state index in [0.717, 1.165) is 23.6 Å². The molecule has 0 spiro atoms. The van der Waals surface area contributed by atoms with Gasteiger partial charge in [-0.3, -0.25) is 9.97 Å². The molecule has 0 fully saturated rings. The average molecular weight is 269 g/mol. The summed E-state index contributed by atoms with van der Waals surface area (Å²) in [5.74, 6) is 1.56. The lowest BCUT2D eigenvalue weighted by atomic mass is 10.3. The van der Waals surface area contributed by atoms with E-state index in [1.54, 1.807) is 23.1 Å². The van der Waals surface area contributed by atoms with Crippen LogP contribution in [0.2, 0.25) is 0 Å². The molecule has 102 valence electrons. The lowest BCUT2D eigenvalue weighted by Gasteiger charge is -2.19. The van der Waals surface area contributed by atoms with E-state index in [1.807, 2.05) is 13.1 Å². The van der Waals surface area contributed by atoms with Crippen LogP contribution in [0, 0.1) is 0 Å². The van der Waals surface area contributed by atoms with E-state index in [0.29, 0.717) is 12.3 Å². The summed E-state index contributed by atoms with van der Waals surface area (Å²) >= 11 is 0. The number of hydrogen-bond donors (Lipinski definition) is 0. The molecule has 0 saturated carbocycles. The van der Waals surface area contributed by atoms with Gasteiger partial charge in [0.25, 0.3) is 5.78 Å². The second kappa shape index (κ2) is 5.20. The normalized spacial score (nSPS) is 10.9. The van der Waals surface area contributed by atoms with Crippen LogP contribution in [0.4, 0.5) is 5.82 Å². The highest BCUT2D eigenvalue weighted by atomic mass is 15.4. The summed E-state index contributed by atoms with van der Waals surface area (Å²) < 4.78 is 1.73. The summed E-state index contributed by atoms with van der Waals surface area (Å²) in [6, 6.07) is 2.03. The molecule has 0 aliphatic carbocycles. The van der Waals surface area contributed by atoms with E-state index in [-0.39, 0.29) is 0 Å². The van der Waals surface area contributed by atoms with Crippen molar-refractivity contribution in [3.05, 3.63) is 42.4 Å². The molecule has 0 saturated heterocycles. The van der Waals surface area contributed by atoms with Crippen molar-refractivity contribution < 1.29 is 0 Å². The number of aromatic nitrogens is 6. The Hall–Kier alpha value is -2.57. The maximum absolute atomic E-state index is 4.44. The summed E-state index contributed by atoms with van der Waals surface area (Å²) in [6.07, 6.45) is 7.49. The fraction of sp³-hybridized carbons (Fsp3) is 0.308. The Kier molecular flexibility index (Phi) is 3.24. The molecule has 0 aliphatic rings. The minimum atomic E-state index is 0.616. The van der Waals surface area contributed by atoms with Crippen LogP contribution in [-0.4, -0.2) is 36.6 Å². The quantitative estimate of drug-likeness (QED) is 0.706. The first-order chi connectivity index (χ1) is 9.78. The first kappa shape index (κ1) is 12.5. The van der Waals surface area contributed by atoms with Crippen LogP contribution < -0.4 is 4.90 Å². The van der Waals surface area contributed by atoms with Gasteiger partial charge in [-0.05, 0) is 6.42 Å². The Morgan fingerprint density at radius 1 is 1.20 bits per heavy atom. The van der Waals surface area contributed by atoms with Gasteiger partial charge in [0.15, 0.2) is 0 Å². The largest absolute Gasteiger partial charge is 0.353 e. The highest BCUT2D eigenvalue weighted by Crippen LogP contribution is 2.16. The molecular formula is C13H15N7. The van der Waals surface area contributed by atoms with Crippen LogP contribution in [0.15, 0.2) is 31.0 Å². The fourth-order valence-electron chi connectivity index (χ4n) is 2.03. The van der Waals surface area contributed by atoms with E-state index in [1.165, 1.54) is 6.33 Å². The van der Waals surface area contributed by atoms with Crippen LogP contribution >= 0.6 is 0 Å². The van der Waals surface area contributed by atoms with Crippen molar-refractivity contribution in [2.24, 2.45) is 0 Å². The number of aryl methyl sites for hydroxylation is 1. The Morgan fingerprint density at radius 2 is 2.10 bits per heavy atom. The second-order valence-corrected chi connectivity index (χ2v) is 4.48. The van der Waals surface area contributed by atoms with Crippen LogP contribution in [0.1, 0.15) is 18.3 Å². The van der Waals surface area contributed by atoms with Crippen molar-refractivity contribution in [1.82, 2.24) is 29.5 Å². The number of anilines is 1. The Balaban J connectivity index is 1.98. The standard InChI is InChI=1S/C13H15N7/c1-3-10-6-12(20-13(18-10)16-9-17-20)19(2)8-11-7-14-4-5-15-11/h4-7,9H,3,8H2,1-2H3. The van der Waals surface area contributed by atoms with Gasteiger partial charge in [0, 0.05) is 31.2 Å². The van der Waals surface area contributed by atoms with Crippen LogP contribution in [0.3, 0.4) is 0 Å². The third-order valence-corrected chi connectivity index (χ3v) is 3.06. The predicted molar refractivity (Wildman–Crippen MR) is 74.3 cm³/mol. The molecule has 0 aliphatic heterocycles. The minimum Gasteiger partial charge on any atom is -0.353 e. The van der Waals surface area contributed by atoms with Gasteiger partial charge >= 0.3 is 0 Å². The molecule has 3 heterocycles. The molecule has 3 aromatic heterocycles. The molecule has 0 radical (unpaired) electrons. The van der Waals surface area contributed by atoms with E-state index in [2.05, 4.69) is 36.9 Å². The van der Waals surface area contributed by atoms with Gasteiger partial charge in [-0.2, -0.15) is 14.6 Å². The first-order valence-electron chi connectivity index (χ1n) is 6.43. The van der Waals surface area contributed by atoms with Gasteiger partial charge in [0.1, 0.15) is 12.1 Å². The van der Waals surface area contributed by atoms with Gasteiger partial charge in [0.2, 0.25) is 0 Å². The van der Waals surface area contributed by atoms with Crippen molar-refractivity contribution in [3.63, 3.8) is 0 Å². The summed E-state index contributed by atoms with van der Waals surface area (Å²) in [7, 11) is 1.99. The van der Waals surface area contributed by atoms with Crippen molar-refractivity contribution in [3.8, 4) is 0 Å². The molecule has 0 N–H and O–H groups in total. The topological polar surface area (TPSA) is 72.1 Å². The Bertz CT molecular complexity index is 707. The number of rotatable bonds is 4. The summed E-state index contributed by atoms with van der Waals surface area (Å²) in [5, 5.41) is 4.22. The smallest absolute Gasteiger partial charge is 0.254 e. The van der Waals surface area contributed by atoms with Crippen LogP contribution in [-0.2, 0) is 13.0 Å². The molecule has 0 atom stereocenters. The number of hydrogen-bond acceptors (Lipinski definition) is 6. The molecule has 0 unspecified atom stereocenters. The second-order valence-electron chi connectivity index (χ2n) is 4.48. The van der Waals surface area contributed by atoms with Gasteiger partial charge in [0.05, 0.1) is 18.4 Å². The molecule has 7 heteroatoms. The molecule has 0 bridgehead atoms. The van der Waals surface area contributed by atoms with E-state index >= 15 is 0 Å². The monoisotopic (exact) mass is 269 g/mol. The number of fused-ring (bicyclic) bond motifs is 1. The summed E-state index contributed by atoms with van der Waals surface area (Å²) in [4.78, 5) is 19.0. The number of nitrogens with zero attached hydrogens (tertiary/aromatic N) is 7. The van der Waals surface area contributed by atoms with Gasteiger partial charge in [-0.25, -0.2) is 4.98 Å². The molecule has 0 amide bonds. The first-order valence-corrected chi connectivity index (χ1v) is 6.43. The van der Waals surface area contributed by atoms with Crippen LogP contribution in [0.5, 0.6) is 0 Å². The van der Waals surface area contributed by atoms with Crippen LogP contribution in [0.25, 0.3) is 5.78 Å². The van der Waals surface area contributed by atoms with Crippen molar-refractivity contribution in [2.75, 3.05) is 11.9 Å². The molecule has 7 nitrogen and oxygen atoms in total. The maximum atomic E-state index is 4.44. The molecule has 20 heavy (non-hydrogen) atoms. The van der Waals surface area contributed by atoms with Gasteiger partial charge in [-0.1, -0.05) is 6.92 Å². The van der Waals surface area contributed by atoms with Gasteiger partial charge < -0.3 is 4.90 Å². The van der Waals surface area contributed by atoms with Crippen molar-refractivity contribution in [1.29, 1.82) is 0 Å². The van der Waals surface area contributed by atoms with E-state index < -0.39 is 0 Å². The molecule has 3 aromatic rings. The third kappa shape index (κ3) is 2.29. The molecule has 3 rings (SSSR count). The zero-order valence-corrected chi connectivity index (χ0v) is 11.4. The Morgan fingerprint density at radius 3 is 2.85 bits per heavy atom. The highest BCUT2D eigenvalue weighted by Gasteiger charge is 2.11. The predicted octanol–water partition coefficient (Wildman–Crippen LogP) is 1.11. The average Bonchev–Trinajstić information content (AvgIpc) is 2.95. The van der Waals surface area contributed by atoms with Gasteiger partial charge in [-0.15, -0.1) is 0 Å². The van der Waals surface area contributed by atoms with E-state index in [9.17, 15) is 0 Å². The SMILES string of the molecule is CCc1cc(N(C)Cc2cnccn2)n2ncnc2n1. The minimum absolute atomic E-state index is 0.616. The zero-order valence-electron chi connectivity index (χ0n) is 11.4. The highest BCUT2D eigenvalue weighted by molar-refractivity contribution is 5.46. The maximum Gasteiger partial charge on any atom is 0.254 e. The van der Waals surface area contributed by atoms with Crippen molar-refractivity contribution in [2.45, 2.75) is 19.9 Å². The lowest BCUT2D eigenvalue weighted by molar-refractivity contribution is 0.803. The Labute approximate surface area is 116 Å². The summed E-state index contributed by atoms with van der Waals surface area (Å²) in [5.41, 5.74) is 1.89. The summed E-state index contributed by atoms with van der Waals surface area (Å²) in [6.45, 7) is 2.72. The zero-order chi connectivity index (χ0) is 13.9. The lowest BCUT2D eigenvalue weighted by Crippen LogP contribution is -2.21. The fourth-order valence-corrected chi connectivity index (χ4v) is 2.03.